The standard InChI is InChI=1S/C14H25NO2S/c1-11-13(6-4-10-18-11)15-9-3-2-5-12(15)7-8-14(16)17/h11-13H,2-10H2,1H3,(H,16,17). The molecule has 3 atom stereocenters. The van der Waals surface area contributed by atoms with Gasteiger partial charge in [0.1, 0.15) is 0 Å². The summed E-state index contributed by atoms with van der Waals surface area (Å²) in [5, 5.41) is 9.58. The third kappa shape index (κ3) is 3.64. The first-order valence-corrected chi connectivity index (χ1v) is 8.32. The Morgan fingerprint density at radius 2 is 2.17 bits per heavy atom. The van der Waals surface area contributed by atoms with Crippen LogP contribution in [0.3, 0.4) is 0 Å². The van der Waals surface area contributed by atoms with E-state index in [-0.39, 0.29) is 0 Å². The number of hydrogen-bond acceptors (Lipinski definition) is 3. The van der Waals surface area contributed by atoms with Gasteiger partial charge in [-0.05, 0) is 44.4 Å². The topological polar surface area (TPSA) is 40.5 Å². The van der Waals surface area contributed by atoms with E-state index in [0.29, 0.717) is 23.8 Å². The number of aliphatic carboxylic acids is 1. The van der Waals surface area contributed by atoms with E-state index in [0.717, 1.165) is 6.42 Å². The molecular weight excluding hydrogens is 246 g/mol. The lowest BCUT2D eigenvalue weighted by atomic mass is 9.93. The first-order valence-electron chi connectivity index (χ1n) is 7.27. The number of rotatable bonds is 4. The molecule has 3 nitrogen and oxygen atoms in total. The normalized spacial score (nSPS) is 34.4. The molecule has 0 aromatic carbocycles. The van der Waals surface area contributed by atoms with E-state index in [2.05, 4.69) is 23.6 Å². The number of carboxylic acid groups (broad SMARTS) is 1. The van der Waals surface area contributed by atoms with Crippen LogP contribution in [0.5, 0.6) is 0 Å². The fourth-order valence-corrected chi connectivity index (χ4v) is 4.62. The molecule has 0 aromatic rings. The van der Waals surface area contributed by atoms with Crippen LogP contribution in [0.25, 0.3) is 0 Å². The maximum Gasteiger partial charge on any atom is 0.303 e. The van der Waals surface area contributed by atoms with Crippen LogP contribution < -0.4 is 0 Å². The van der Waals surface area contributed by atoms with Gasteiger partial charge in [-0.3, -0.25) is 9.69 Å². The van der Waals surface area contributed by atoms with Crippen molar-refractivity contribution in [1.29, 1.82) is 0 Å². The number of piperidine rings is 1. The molecule has 2 saturated heterocycles. The number of thioether (sulfide) groups is 1. The Morgan fingerprint density at radius 1 is 1.33 bits per heavy atom. The van der Waals surface area contributed by atoms with Crippen LogP contribution in [0.2, 0.25) is 0 Å². The Labute approximate surface area is 114 Å². The highest BCUT2D eigenvalue weighted by Gasteiger charge is 2.33. The highest BCUT2D eigenvalue weighted by molar-refractivity contribution is 7.99. The lowest BCUT2D eigenvalue weighted by Gasteiger charge is -2.45. The van der Waals surface area contributed by atoms with Crippen molar-refractivity contribution in [3.63, 3.8) is 0 Å². The highest BCUT2D eigenvalue weighted by Crippen LogP contribution is 2.33. The summed E-state index contributed by atoms with van der Waals surface area (Å²) in [4.78, 5) is 13.4. The molecule has 2 fully saturated rings. The van der Waals surface area contributed by atoms with E-state index in [4.69, 9.17) is 5.11 Å². The van der Waals surface area contributed by atoms with Gasteiger partial charge in [-0.2, -0.15) is 11.8 Å². The van der Waals surface area contributed by atoms with Crippen molar-refractivity contribution in [2.45, 2.75) is 69.2 Å². The first-order chi connectivity index (χ1) is 8.68. The van der Waals surface area contributed by atoms with Gasteiger partial charge < -0.3 is 5.11 Å². The second kappa shape index (κ2) is 6.80. The predicted octanol–water partition coefficient (Wildman–Crippen LogP) is 2.99. The first kappa shape index (κ1) is 14.2. The summed E-state index contributed by atoms with van der Waals surface area (Å²) < 4.78 is 0. The van der Waals surface area contributed by atoms with E-state index in [1.807, 2.05) is 0 Å². The summed E-state index contributed by atoms with van der Waals surface area (Å²) in [5.74, 6) is 0.650. The Morgan fingerprint density at radius 3 is 2.89 bits per heavy atom. The van der Waals surface area contributed by atoms with Crippen molar-refractivity contribution in [2.75, 3.05) is 12.3 Å². The van der Waals surface area contributed by atoms with E-state index in [1.54, 1.807) is 0 Å². The van der Waals surface area contributed by atoms with Crippen LogP contribution in [-0.4, -0.2) is 45.6 Å². The summed E-state index contributed by atoms with van der Waals surface area (Å²) in [6.45, 7) is 3.53. The third-order valence-corrected chi connectivity index (χ3v) is 5.72. The fraction of sp³-hybridized carbons (Fsp3) is 0.929. The maximum absolute atomic E-state index is 10.8. The molecule has 0 spiro atoms. The van der Waals surface area contributed by atoms with Gasteiger partial charge in [0.2, 0.25) is 0 Å². The minimum Gasteiger partial charge on any atom is -0.481 e. The third-order valence-electron chi connectivity index (χ3n) is 4.36. The quantitative estimate of drug-likeness (QED) is 0.853. The van der Waals surface area contributed by atoms with Crippen LogP contribution in [0.1, 0.15) is 51.9 Å². The zero-order valence-corrected chi connectivity index (χ0v) is 12.1. The minimum absolute atomic E-state index is 0.329. The van der Waals surface area contributed by atoms with E-state index in [9.17, 15) is 4.79 Å². The number of nitrogens with zero attached hydrogens (tertiary/aromatic N) is 1. The summed E-state index contributed by atoms with van der Waals surface area (Å²) in [7, 11) is 0. The van der Waals surface area contributed by atoms with Crippen molar-refractivity contribution >= 4 is 17.7 Å². The van der Waals surface area contributed by atoms with E-state index >= 15 is 0 Å². The van der Waals surface area contributed by atoms with Gasteiger partial charge in [-0.15, -0.1) is 0 Å². The Kier molecular flexibility index (Phi) is 5.37. The van der Waals surface area contributed by atoms with Crippen LogP contribution in [0, 0.1) is 0 Å². The van der Waals surface area contributed by atoms with Gasteiger partial charge >= 0.3 is 5.97 Å². The molecule has 0 radical (unpaired) electrons. The fourth-order valence-electron chi connectivity index (χ4n) is 3.40. The lowest BCUT2D eigenvalue weighted by molar-refractivity contribution is -0.137. The van der Waals surface area contributed by atoms with Gasteiger partial charge in [0, 0.05) is 23.8 Å². The van der Waals surface area contributed by atoms with Crippen LogP contribution in [0.4, 0.5) is 0 Å². The average Bonchev–Trinajstić information content (AvgIpc) is 2.37. The molecular formula is C14H25NO2S. The van der Waals surface area contributed by atoms with Crippen molar-refractivity contribution in [1.82, 2.24) is 4.90 Å². The Hall–Kier alpha value is -0.220. The molecule has 0 aliphatic carbocycles. The molecule has 0 bridgehead atoms. The second-order valence-electron chi connectivity index (χ2n) is 5.61. The average molecular weight is 271 g/mol. The number of hydrogen-bond donors (Lipinski definition) is 1. The predicted molar refractivity (Wildman–Crippen MR) is 76.2 cm³/mol. The number of carboxylic acids is 1. The molecule has 2 heterocycles. The van der Waals surface area contributed by atoms with Gasteiger partial charge in [-0.25, -0.2) is 0 Å². The molecule has 1 N–H and O–H groups in total. The van der Waals surface area contributed by atoms with Crippen molar-refractivity contribution in [3.8, 4) is 0 Å². The molecule has 0 amide bonds. The highest BCUT2D eigenvalue weighted by atomic mass is 32.2. The zero-order valence-electron chi connectivity index (χ0n) is 11.3. The van der Waals surface area contributed by atoms with E-state index in [1.165, 1.54) is 44.4 Å². The molecule has 18 heavy (non-hydrogen) atoms. The van der Waals surface area contributed by atoms with Crippen LogP contribution in [-0.2, 0) is 4.79 Å². The molecule has 4 heteroatoms. The summed E-state index contributed by atoms with van der Waals surface area (Å²) >= 11 is 2.09. The second-order valence-corrected chi connectivity index (χ2v) is 7.09. The van der Waals surface area contributed by atoms with Crippen molar-refractivity contribution < 1.29 is 9.90 Å². The van der Waals surface area contributed by atoms with Crippen LogP contribution >= 0.6 is 11.8 Å². The number of likely N-dealkylation sites (tertiary alicyclic amines) is 1. The Bertz CT molecular complexity index is 285. The minimum atomic E-state index is -0.647. The maximum atomic E-state index is 10.8. The number of carbonyl (C=O) groups is 1. The molecule has 0 saturated carbocycles. The van der Waals surface area contributed by atoms with E-state index < -0.39 is 5.97 Å². The summed E-state index contributed by atoms with van der Waals surface area (Å²) in [6, 6.07) is 1.20. The van der Waals surface area contributed by atoms with Crippen molar-refractivity contribution in [2.24, 2.45) is 0 Å². The van der Waals surface area contributed by atoms with Gasteiger partial charge in [-0.1, -0.05) is 13.3 Å². The van der Waals surface area contributed by atoms with Gasteiger partial charge in [0.15, 0.2) is 0 Å². The lowest BCUT2D eigenvalue weighted by Crippen LogP contribution is -2.51. The molecule has 2 rings (SSSR count). The summed E-state index contributed by atoms with van der Waals surface area (Å²) in [5.41, 5.74) is 0. The molecule has 104 valence electrons. The molecule has 3 unspecified atom stereocenters. The monoisotopic (exact) mass is 271 g/mol. The zero-order chi connectivity index (χ0) is 13.0. The molecule has 2 aliphatic heterocycles. The van der Waals surface area contributed by atoms with Crippen molar-refractivity contribution in [3.05, 3.63) is 0 Å². The largest absolute Gasteiger partial charge is 0.481 e. The summed E-state index contributed by atoms with van der Waals surface area (Å²) in [6.07, 6.45) is 7.55. The smallest absolute Gasteiger partial charge is 0.303 e. The molecule has 0 aromatic heterocycles. The Balaban J connectivity index is 1.95. The molecule has 2 aliphatic rings. The SMILES string of the molecule is CC1SCCCC1N1CCCCC1CCC(=O)O. The van der Waals surface area contributed by atoms with Gasteiger partial charge in [0.25, 0.3) is 0 Å². The van der Waals surface area contributed by atoms with Crippen LogP contribution in [0.15, 0.2) is 0 Å². The van der Waals surface area contributed by atoms with Gasteiger partial charge in [0.05, 0.1) is 0 Å².